The lowest BCUT2D eigenvalue weighted by atomic mass is 9.99. The molecular formula is C56H108O6. The second kappa shape index (κ2) is 48.9. The maximum atomic E-state index is 12.8. The van der Waals surface area contributed by atoms with Crippen molar-refractivity contribution < 1.29 is 28.6 Å². The molecule has 0 heterocycles. The second-order valence-electron chi connectivity index (χ2n) is 19.9. The molecule has 0 spiro atoms. The molecule has 0 aromatic rings. The number of ether oxygens (including phenoxy) is 3. The van der Waals surface area contributed by atoms with Crippen molar-refractivity contribution in [2.75, 3.05) is 13.2 Å². The molecule has 62 heavy (non-hydrogen) atoms. The first kappa shape index (κ1) is 60.4. The lowest BCUT2D eigenvalue weighted by Crippen LogP contribution is -2.30. The van der Waals surface area contributed by atoms with Gasteiger partial charge in [-0.1, -0.05) is 272 Å². The summed E-state index contributed by atoms with van der Waals surface area (Å²) in [7, 11) is 0. The van der Waals surface area contributed by atoms with Crippen LogP contribution in [-0.2, 0) is 28.6 Å². The minimum Gasteiger partial charge on any atom is -0.462 e. The van der Waals surface area contributed by atoms with E-state index in [-0.39, 0.29) is 31.1 Å². The second-order valence-corrected chi connectivity index (χ2v) is 19.9. The van der Waals surface area contributed by atoms with Crippen LogP contribution >= 0.6 is 0 Å². The average molecular weight is 877 g/mol. The van der Waals surface area contributed by atoms with Gasteiger partial charge in [0.25, 0.3) is 0 Å². The Morgan fingerprint density at radius 2 is 0.613 bits per heavy atom. The van der Waals surface area contributed by atoms with Crippen LogP contribution in [0.15, 0.2) is 0 Å². The molecule has 0 aromatic heterocycles. The zero-order valence-corrected chi connectivity index (χ0v) is 42.5. The number of carbonyl (C=O) groups excluding carboxylic acids is 3. The molecule has 0 aliphatic rings. The third-order valence-electron chi connectivity index (χ3n) is 13.1. The van der Waals surface area contributed by atoms with E-state index >= 15 is 0 Å². The summed E-state index contributed by atoms with van der Waals surface area (Å²) < 4.78 is 16.9. The molecule has 0 fully saturated rings. The summed E-state index contributed by atoms with van der Waals surface area (Å²) in [6, 6.07) is 0. The number of esters is 3. The standard InChI is InChI=1S/C56H108O6/c1-6-8-9-10-11-12-13-20-28-33-38-43-48-56(59)62-53(50-61-55(58)47-42-37-32-27-23-22-25-30-35-40-45-52(5)7-2)49-60-54(57)46-41-36-31-26-21-18-16-14-15-17-19-24-29-34-39-44-51(3)4/h51-53H,6-50H2,1-5H3/t52?,53-/m1/s1. The fourth-order valence-electron chi connectivity index (χ4n) is 8.49. The van der Waals surface area contributed by atoms with Crippen molar-refractivity contribution in [3.63, 3.8) is 0 Å². The van der Waals surface area contributed by atoms with Crippen molar-refractivity contribution in [1.82, 2.24) is 0 Å². The van der Waals surface area contributed by atoms with Gasteiger partial charge in [-0.05, 0) is 31.1 Å². The van der Waals surface area contributed by atoms with Crippen molar-refractivity contribution in [1.29, 1.82) is 0 Å². The minimum atomic E-state index is -0.762. The van der Waals surface area contributed by atoms with Crippen LogP contribution in [0.25, 0.3) is 0 Å². The molecule has 6 heteroatoms. The molecular weight excluding hydrogens is 769 g/mol. The topological polar surface area (TPSA) is 78.9 Å². The number of unbranched alkanes of at least 4 members (excludes halogenated alkanes) is 34. The summed E-state index contributed by atoms with van der Waals surface area (Å²) in [6.07, 6.45) is 50.8. The van der Waals surface area contributed by atoms with Gasteiger partial charge in [-0.25, -0.2) is 0 Å². The number of hydrogen-bond acceptors (Lipinski definition) is 6. The van der Waals surface area contributed by atoms with Gasteiger partial charge in [-0.2, -0.15) is 0 Å². The van der Waals surface area contributed by atoms with Crippen molar-refractivity contribution in [2.45, 2.75) is 317 Å². The Labute approximate surface area is 387 Å². The first-order chi connectivity index (χ1) is 30.3. The highest BCUT2D eigenvalue weighted by Gasteiger charge is 2.19. The zero-order chi connectivity index (χ0) is 45.4. The number of rotatable bonds is 50. The summed E-state index contributed by atoms with van der Waals surface area (Å²) in [5.74, 6) is 0.876. The third kappa shape index (κ3) is 47.9. The molecule has 0 bridgehead atoms. The molecule has 368 valence electrons. The molecule has 0 aliphatic carbocycles. The van der Waals surface area contributed by atoms with E-state index in [4.69, 9.17) is 14.2 Å². The Balaban J connectivity index is 4.28. The lowest BCUT2D eigenvalue weighted by Gasteiger charge is -2.18. The monoisotopic (exact) mass is 877 g/mol. The molecule has 0 aliphatic heterocycles. The molecule has 0 saturated heterocycles. The quantitative estimate of drug-likeness (QED) is 0.0344. The third-order valence-corrected chi connectivity index (χ3v) is 13.1. The Kier molecular flexibility index (Phi) is 47.6. The maximum absolute atomic E-state index is 12.8. The summed E-state index contributed by atoms with van der Waals surface area (Å²) >= 11 is 0. The summed E-state index contributed by atoms with van der Waals surface area (Å²) in [5, 5.41) is 0. The van der Waals surface area contributed by atoms with Gasteiger partial charge in [0.2, 0.25) is 0 Å². The van der Waals surface area contributed by atoms with Crippen molar-refractivity contribution in [3.8, 4) is 0 Å². The van der Waals surface area contributed by atoms with Gasteiger partial charge in [0, 0.05) is 19.3 Å². The van der Waals surface area contributed by atoms with Crippen molar-refractivity contribution >= 4 is 17.9 Å². The molecule has 0 radical (unpaired) electrons. The molecule has 0 amide bonds. The van der Waals surface area contributed by atoms with Gasteiger partial charge in [0.05, 0.1) is 0 Å². The highest BCUT2D eigenvalue weighted by atomic mass is 16.6. The number of hydrogen-bond donors (Lipinski definition) is 0. The largest absolute Gasteiger partial charge is 0.462 e. The molecule has 0 aromatic carbocycles. The highest BCUT2D eigenvalue weighted by Crippen LogP contribution is 2.18. The Hall–Kier alpha value is -1.59. The van der Waals surface area contributed by atoms with Crippen LogP contribution in [0.3, 0.4) is 0 Å². The van der Waals surface area contributed by atoms with Gasteiger partial charge in [0.1, 0.15) is 13.2 Å². The van der Waals surface area contributed by atoms with Crippen LogP contribution in [0, 0.1) is 11.8 Å². The molecule has 0 rings (SSSR count). The molecule has 0 saturated carbocycles. The van der Waals surface area contributed by atoms with Crippen molar-refractivity contribution in [2.24, 2.45) is 11.8 Å². The van der Waals surface area contributed by atoms with Crippen LogP contribution < -0.4 is 0 Å². The van der Waals surface area contributed by atoms with E-state index in [1.54, 1.807) is 0 Å². The SMILES string of the molecule is CCCCCCCCCCCCCCC(=O)O[C@H](COC(=O)CCCCCCCCCCCCCCCCCC(C)C)COC(=O)CCCCCCCCCCCCC(C)CC. The van der Waals surface area contributed by atoms with Crippen molar-refractivity contribution in [3.05, 3.63) is 0 Å². The smallest absolute Gasteiger partial charge is 0.306 e. The van der Waals surface area contributed by atoms with E-state index in [2.05, 4.69) is 34.6 Å². The van der Waals surface area contributed by atoms with E-state index in [9.17, 15) is 14.4 Å². The average Bonchev–Trinajstić information content (AvgIpc) is 3.26. The van der Waals surface area contributed by atoms with E-state index in [0.29, 0.717) is 19.3 Å². The van der Waals surface area contributed by atoms with Gasteiger partial charge in [-0.3, -0.25) is 14.4 Å². The first-order valence-electron chi connectivity index (χ1n) is 27.8. The van der Waals surface area contributed by atoms with Gasteiger partial charge < -0.3 is 14.2 Å². The number of carbonyl (C=O) groups is 3. The molecule has 2 atom stereocenters. The van der Waals surface area contributed by atoms with Crippen LogP contribution in [-0.4, -0.2) is 37.2 Å². The zero-order valence-electron chi connectivity index (χ0n) is 42.5. The summed E-state index contributed by atoms with van der Waals surface area (Å²) in [4.78, 5) is 38.0. The Morgan fingerprint density at radius 3 is 0.919 bits per heavy atom. The Morgan fingerprint density at radius 1 is 0.339 bits per heavy atom. The van der Waals surface area contributed by atoms with E-state index in [0.717, 1.165) is 69.6 Å². The van der Waals surface area contributed by atoms with Crippen LogP contribution in [0.5, 0.6) is 0 Å². The lowest BCUT2D eigenvalue weighted by molar-refractivity contribution is -0.167. The normalized spacial score (nSPS) is 12.5. The van der Waals surface area contributed by atoms with E-state index in [1.807, 2.05) is 0 Å². The van der Waals surface area contributed by atoms with E-state index < -0.39 is 6.10 Å². The summed E-state index contributed by atoms with van der Waals surface area (Å²) in [6.45, 7) is 11.4. The highest BCUT2D eigenvalue weighted by molar-refractivity contribution is 5.71. The Bertz CT molecular complexity index is 949. The molecule has 1 unspecified atom stereocenters. The van der Waals surface area contributed by atoms with E-state index in [1.165, 1.54) is 199 Å². The van der Waals surface area contributed by atoms with Gasteiger partial charge >= 0.3 is 17.9 Å². The first-order valence-corrected chi connectivity index (χ1v) is 27.8. The molecule has 0 N–H and O–H groups in total. The maximum Gasteiger partial charge on any atom is 0.306 e. The minimum absolute atomic E-state index is 0.0630. The fourth-order valence-corrected chi connectivity index (χ4v) is 8.49. The van der Waals surface area contributed by atoms with Gasteiger partial charge in [0.15, 0.2) is 6.10 Å². The van der Waals surface area contributed by atoms with Crippen LogP contribution in [0.1, 0.15) is 311 Å². The summed E-state index contributed by atoms with van der Waals surface area (Å²) in [5.41, 5.74) is 0. The van der Waals surface area contributed by atoms with Crippen LogP contribution in [0.4, 0.5) is 0 Å². The van der Waals surface area contributed by atoms with Crippen LogP contribution in [0.2, 0.25) is 0 Å². The predicted molar refractivity (Wildman–Crippen MR) is 266 cm³/mol. The molecule has 6 nitrogen and oxygen atoms in total. The fraction of sp³-hybridized carbons (Fsp3) is 0.946. The predicted octanol–water partition coefficient (Wildman–Crippen LogP) is 18.1. The van der Waals surface area contributed by atoms with Gasteiger partial charge in [-0.15, -0.1) is 0 Å².